The Balaban J connectivity index is 2.47. The van der Waals surface area contributed by atoms with Gasteiger partial charge in [0.25, 0.3) is 0 Å². The van der Waals surface area contributed by atoms with Gasteiger partial charge in [-0.15, -0.1) is 0 Å². The summed E-state index contributed by atoms with van der Waals surface area (Å²) in [6.45, 7) is 0. The minimum atomic E-state index is -0.394. The Kier molecular flexibility index (Phi) is 4.46. The maximum absolute atomic E-state index is 11.0. The molecular weight excluding hydrogens is 180 g/mol. The number of hydrogen-bond donors (Lipinski definition) is 2. The first kappa shape index (κ1) is 11.0. The highest BCUT2D eigenvalue weighted by molar-refractivity contribution is 5.67. The number of carbonyl (C=O) groups excluding carboxylic acids is 1. The average Bonchev–Trinajstić information content (AvgIpc) is 2.17. The van der Waals surface area contributed by atoms with Crippen molar-refractivity contribution in [1.29, 1.82) is 0 Å². The Morgan fingerprint density at radius 2 is 2.07 bits per heavy atom. The van der Waals surface area contributed by atoms with Gasteiger partial charge in [-0.1, -0.05) is 12.2 Å². The summed E-state index contributed by atoms with van der Waals surface area (Å²) < 4.78 is 4.55. The van der Waals surface area contributed by atoms with E-state index in [4.69, 9.17) is 5.73 Å². The standard InChI is InChI=1S/C10H18N2O2/c1-14-10(13)12-9-7-5-3-2-4-6-8(9)11/h2-3,8-9H,4-7,11H2,1H3,(H,12,13)/b3-2+/t8-,9-/m1/s1. The van der Waals surface area contributed by atoms with Gasteiger partial charge in [-0.05, 0) is 25.7 Å². The Hall–Kier alpha value is -1.03. The molecule has 1 aliphatic rings. The molecule has 0 heterocycles. The summed E-state index contributed by atoms with van der Waals surface area (Å²) in [5.74, 6) is 0. The van der Waals surface area contributed by atoms with Gasteiger partial charge in [0.2, 0.25) is 0 Å². The summed E-state index contributed by atoms with van der Waals surface area (Å²) >= 11 is 0. The molecule has 4 heteroatoms. The van der Waals surface area contributed by atoms with Gasteiger partial charge in [-0.3, -0.25) is 0 Å². The number of amides is 1. The van der Waals surface area contributed by atoms with E-state index in [1.165, 1.54) is 7.11 Å². The molecule has 1 rings (SSSR count). The van der Waals surface area contributed by atoms with Crippen molar-refractivity contribution in [2.45, 2.75) is 37.8 Å². The van der Waals surface area contributed by atoms with E-state index in [0.29, 0.717) is 0 Å². The smallest absolute Gasteiger partial charge is 0.407 e. The van der Waals surface area contributed by atoms with Crippen LogP contribution in [0.3, 0.4) is 0 Å². The molecule has 4 nitrogen and oxygen atoms in total. The number of nitrogens with two attached hydrogens (primary N) is 1. The van der Waals surface area contributed by atoms with Crippen LogP contribution in [-0.2, 0) is 4.74 Å². The topological polar surface area (TPSA) is 64.3 Å². The number of hydrogen-bond acceptors (Lipinski definition) is 3. The second kappa shape index (κ2) is 5.65. The molecule has 0 aromatic carbocycles. The van der Waals surface area contributed by atoms with Crippen molar-refractivity contribution in [3.8, 4) is 0 Å². The van der Waals surface area contributed by atoms with Crippen LogP contribution in [0, 0.1) is 0 Å². The predicted octanol–water partition coefficient (Wildman–Crippen LogP) is 1.17. The highest BCUT2D eigenvalue weighted by Gasteiger charge is 2.19. The van der Waals surface area contributed by atoms with Crippen LogP contribution in [0.25, 0.3) is 0 Å². The second-order valence-corrected chi connectivity index (χ2v) is 3.53. The molecule has 80 valence electrons. The number of rotatable bonds is 1. The Bertz CT molecular complexity index is 216. The van der Waals surface area contributed by atoms with E-state index in [2.05, 4.69) is 22.2 Å². The molecule has 0 fully saturated rings. The van der Waals surface area contributed by atoms with Gasteiger partial charge in [0, 0.05) is 12.1 Å². The minimum Gasteiger partial charge on any atom is -0.453 e. The van der Waals surface area contributed by atoms with Crippen molar-refractivity contribution < 1.29 is 9.53 Å². The van der Waals surface area contributed by atoms with E-state index in [9.17, 15) is 4.79 Å². The molecule has 0 unspecified atom stereocenters. The predicted molar refractivity (Wildman–Crippen MR) is 54.9 cm³/mol. The zero-order valence-corrected chi connectivity index (χ0v) is 8.53. The number of nitrogens with one attached hydrogen (secondary N) is 1. The van der Waals surface area contributed by atoms with Crippen molar-refractivity contribution in [3.05, 3.63) is 12.2 Å². The van der Waals surface area contributed by atoms with Crippen molar-refractivity contribution in [1.82, 2.24) is 5.32 Å². The van der Waals surface area contributed by atoms with Gasteiger partial charge >= 0.3 is 6.09 Å². The molecule has 0 aromatic rings. The van der Waals surface area contributed by atoms with Crippen LogP contribution in [0.15, 0.2) is 12.2 Å². The molecule has 0 radical (unpaired) electrons. The van der Waals surface area contributed by atoms with Crippen molar-refractivity contribution in [3.63, 3.8) is 0 Å². The van der Waals surface area contributed by atoms with Crippen LogP contribution < -0.4 is 11.1 Å². The molecule has 2 atom stereocenters. The Morgan fingerprint density at radius 3 is 2.71 bits per heavy atom. The maximum atomic E-state index is 11.0. The fourth-order valence-electron chi connectivity index (χ4n) is 1.60. The molecule has 0 aliphatic heterocycles. The second-order valence-electron chi connectivity index (χ2n) is 3.53. The first-order valence-corrected chi connectivity index (χ1v) is 4.99. The third kappa shape index (κ3) is 3.38. The van der Waals surface area contributed by atoms with Gasteiger partial charge in [-0.2, -0.15) is 0 Å². The molecule has 0 saturated heterocycles. The molecule has 1 aliphatic carbocycles. The highest BCUT2D eigenvalue weighted by Crippen LogP contribution is 2.11. The zero-order chi connectivity index (χ0) is 10.4. The van der Waals surface area contributed by atoms with Crippen molar-refractivity contribution >= 4 is 6.09 Å². The van der Waals surface area contributed by atoms with Crippen LogP contribution in [0.5, 0.6) is 0 Å². The third-order valence-electron chi connectivity index (χ3n) is 2.48. The van der Waals surface area contributed by atoms with Gasteiger partial charge in [0.05, 0.1) is 7.11 Å². The van der Waals surface area contributed by atoms with Crippen LogP contribution in [0.1, 0.15) is 25.7 Å². The monoisotopic (exact) mass is 198 g/mol. The largest absolute Gasteiger partial charge is 0.453 e. The lowest BCUT2D eigenvalue weighted by Gasteiger charge is -2.24. The van der Waals surface area contributed by atoms with Gasteiger partial charge in [0.15, 0.2) is 0 Å². The van der Waals surface area contributed by atoms with Crippen molar-refractivity contribution in [2.24, 2.45) is 5.73 Å². The fourth-order valence-corrected chi connectivity index (χ4v) is 1.60. The lowest BCUT2D eigenvalue weighted by atomic mass is 9.96. The molecular formula is C10H18N2O2. The zero-order valence-electron chi connectivity index (χ0n) is 8.53. The maximum Gasteiger partial charge on any atom is 0.407 e. The van der Waals surface area contributed by atoms with E-state index in [1.54, 1.807) is 0 Å². The number of carbonyl (C=O) groups is 1. The number of alkyl carbamates (subject to hydrolysis) is 1. The summed E-state index contributed by atoms with van der Waals surface area (Å²) in [5, 5.41) is 2.77. The quantitative estimate of drug-likeness (QED) is 0.621. The van der Waals surface area contributed by atoms with Gasteiger partial charge in [-0.25, -0.2) is 4.79 Å². The van der Waals surface area contributed by atoms with Crippen LogP contribution in [0.2, 0.25) is 0 Å². The van der Waals surface area contributed by atoms with E-state index in [-0.39, 0.29) is 12.1 Å². The molecule has 0 bridgehead atoms. The number of allylic oxidation sites excluding steroid dienone is 2. The minimum absolute atomic E-state index is 0.0269. The summed E-state index contributed by atoms with van der Waals surface area (Å²) in [6, 6.07) is 0.0615. The summed E-state index contributed by atoms with van der Waals surface area (Å²) in [4.78, 5) is 11.0. The summed E-state index contributed by atoms with van der Waals surface area (Å²) in [5.41, 5.74) is 5.95. The lowest BCUT2D eigenvalue weighted by Crippen LogP contribution is -2.47. The van der Waals surface area contributed by atoms with Crippen LogP contribution >= 0.6 is 0 Å². The van der Waals surface area contributed by atoms with Crippen LogP contribution in [0.4, 0.5) is 4.79 Å². The SMILES string of the molecule is COC(=O)N[C@@H]1CC/C=C/CC[C@H]1N. The normalized spacial score (nSPS) is 29.9. The molecule has 0 spiro atoms. The van der Waals surface area contributed by atoms with E-state index in [0.717, 1.165) is 25.7 Å². The Labute approximate surface area is 84.5 Å². The van der Waals surface area contributed by atoms with E-state index in [1.807, 2.05) is 0 Å². The lowest BCUT2D eigenvalue weighted by molar-refractivity contribution is 0.163. The van der Waals surface area contributed by atoms with Gasteiger partial charge in [0.1, 0.15) is 0 Å². The average molecular weight is 198 g/mol. The first-order chi connectivity index (χ1) is 6.74. The molecule has 1 amide bonds. The Morgan fingerprint density at radius 1 is 1.43 bits per heavy atom. The summed E-state index contributed by atoms with van der Waals surface area (Å²) in [6.07, 6.45) is 7.63. The van der Waals surface area contributed by atoms with Crippen molar-refractivity contribution in [2.75, 3.05) is 7.11 Å². The fraction of sp³-hybridized carbons (Fsp3) is 0.700. The molecule has 0 aromatic heterocycles. The number of methoxy groups -OCH3 is 1. The van der Waals surface area contributed by atoms with Gasteiger partial charge < -0.3 is 15.8 Å². The van der Waals surface area contributed by atoms with E-state index >= 15 is 0 Å². The first-order valence-electron chi connectivity index (χ1n) is 4.99. The molecule has 3 N–H and O–H groups in total. The van der Waals surface area contributed by atoms with E-state index < -0.39 is 6.09 Å². The highest BCUT2D eigenvalue weighted by atomic mass is 16.5. The molecule has 0 saturated carbocycles. The molecule has 14 heavy (non-hydrogen) atoms. The van der Waals surface area contributed by atoms with Crippen LogP contribution in [-0.4, -0.2) is 25.3 Å². The number of ether oxygens (including phenoxy) is 1. The third-order valence-corrected chi connectivity index (χ3v) is 2.48. The summed E-state index contributed by atoms with van der Waals surface area (Å²) in [7, 11) is 1.36.